The summed E-state index contributed by atoms with van der Waals surface area (Å²) in [5, 5.41) is 6.79. The normalized spacial score (nSPS) is 16.2. The molecule has 1 aliphatic rings. The van der Waals surface area contributed by atoms with E-state index in [2.05, 4.69) is 46.3 Å². The fraction of sp³-hybridized carbons (Fsp3) is 0.545. The van der Waals surface area contributed by atoms with E-state index >= 15 is 0 Å². The van der Waals surface area contributed by atoms with Crippen molar-refractivity contribution in [2.24, 2.45) is 4.99 Å². The smallest absolute Gasteiger partial charge is 0.213 e. The van der Waals surface area contributed by atoms with Gasteiger partial charge in [-0.15, -0.1) is 24.0 Å². The first-order valence-corrected chi connectivity index (χ1v) is 10.2. The first-order valence-electron chi connectivity index (χ1n) is 10.2. The quantitative estimate of drug-likeness (QED) is 0.348. The summed E-state index contributed by atoms with van der Waals surface area (Å²) in [7, 11) is 1.77. The van der Waals surface area contributed by atoms with Crippen molar-refractivity contribution in [1.82, 2.24) is 20.5 Å². The summed E-state index contributed by atoms with van der Waals surface area (Å²) < 4.78 is 18.9. The molecule has 0 amide bonds. The molecule has 0 atom stereocenters. The maximum Gasteiger partial charge on any atom is 0.213 e. The third-order valence-corrected chi connectivity index (χ3v) is 5.17. The van der Waals surface area contributed by atoms with E-state index in [4.69, 9.17) is 4.42 Å². The minimum Gasteiger partial charge on any atom is -0.443 e. The zero-order chi connectivity index (χ0) is 20.9. The predicted molar refractivity (Wildman–Crippen MR) is 129 cm³/mol. The van der Waals surface area contributed by atoms with Gasteiger partial charge in [0.1, 0.15) is 11.6 Å². The Kier molecular flexibility index (Phi) is 9.09. The van der Waals surface area contributed by atoms with Crippen molar-refractivity contribution < 1.29 is 8.81 Å². The number of guanidine groups is 1. The van der Waals surface area contributed by atoms with Crippen molar-refractivity contribution >= 4 is 29.9 Å². The van der Waals surface area contributed by atoms with Gasteiger partial charge >= 0.3 is 0 Å². The molecule has 2 heterocycles. The number of piperidine rings is 1. The Balaban J connectivity index is 0.00000320. The van der Waals surface area contributed by atoms with Crippen molar-refractivity contribution in [3.05, 3.63) is 53.5 Å². The summed E-state index contributed by atoms with van der Waals surface area (Å²) in [4.78, 5) is 11.1. The average Bonchev–Trinajstić information content (AvgIpc) is 3.18. The number of hydrogen-bond acceptors (Lipinski definition) is 4. The maximum absolute atomic E-state index is 13.0. The van der Waals surface area contributed by atoms with Gasteiger partial charge in [-0.25, -0.2) is 9.37 Å². The Morgan fingerprint density at radius 2 is 1.90 bits per heavy atom. The molecule has 0 bridgehead atoms. The van der Waals surface area contributed by atoms with Crippen LogP contribution in [0.3, 0.4) is 0 Å². The standard InChI is InChI=1S/C22H32FN5O.HI/c1-22(2,3)19-13-25-20(29-19)14-26-21(24-4)27-18-9-11-28(12-10-18)15-16-5-7-17(23)8-6-16;/h5-8,13,18H,9-12,14-15H2,1-4H3,(H2,24,26,27);1H. The van der Waals surface area contributed by atoms with Crippen LogP contribution in [0.15, 0.2) is 39.9 Å². The minimum absolute atomic E-state index is 0. The number of aromatic nitrogens is 1. The molecule has 1 aliphatic heterocycles. The molecule has 0 spiro atoms. The highest BCUT2D eigenvalue weighted by Crippen LogP contribution is 2.22. The molecule has 0 aliphatic carbocycles. The van der Waals surface area contributed by atoms with Crippen LogP contribution in [0.5, 0.6) is 0 Å². The maximum atomic E-state index is 13.0. The predicted octanol–water partition coefficient (Wildman–Crippen LogP) is 4.06. The molecule has 0 saturated carbocycles. The lowest BCUT2D eigenvalue weighted by atomic mass is 9.94. The molecular formula is C22H33FIN5O. The average molecular weight is 529 g/mol. The van der Waals surface area contributed by atoms with Crippen LogP contribution < -0.4 is 10.6 Å². The summed E-state index contributed by atoms with van der Waals surface area (Å²) in [6, 6.07) is 7.15. The molecule has 1 fully saturated rings. The van der Waals surface area contributed by atoms with Gasteiger partial charge in [-0.2, -0.15) is 0 Å². The molecule has 2 aromatic rings. The van der Waals surface area contributed by atoms with Gasteiger partial charge in [0.05, 0.1) is 12.7 Å². The fourth-order valence-electron chi connectivity index (χ4n) is 3.37. The van der Waals surface area contributed by atoms with Crippen LogP contribution in [0.4, 0.5) is 4.39 Å². The van der Waals surface area contributed by atoms with Crippen LogP contribution in [0.2, 0.25) is 0 Å². The number of hydrogen-bond donors (Lipinski definition) is 2. The van der Waals surface area contributed by atoms with E-state index in [0.29, 0.717) is 18.5 Å². The van der Waals surface area contributed by atoms with Crippen LogP contribution in [0.1, 0.15) is 50.8 Å². The van der Waals surface area contributed by atoms with Gasteiger partial charge in [-0.3, -0.25) is 9.89 Å². The Bertz CT molecular complexity index is 808. The van der Waals surface area contributed by atoms with Gasteiger partial charge in [0, 0.05) is 38.1 Å². The van der Waals surface area contributed by atoms with E-state index < -0.39 is 0 Å². The molecule has 1 aromatic carbocycles. The van der Waals surface area contributed by atoms with Crippen molar-refractivity contribution in [2.45, 2.75) is 58.2 Å². The monoisotopic (exact) mass is 529 g/mol. The zero-order valence-electron chi connectivity index (χ0n) is 18.2. The number of rotatable bonds is 5. The Morgan fingerprint density at radius 1 is 1.23 bits per heavy atom. The van der Waals surface area contributed by atoms with Gasteiger partial charge in [-0.05, 0) is 30.5 Å². The molecule has 0 radical (unpaired) electrons. The Labute approximate surface area is 195 Å². The summed E-state index contributed by atoms with van der Waals surface area (Å²) in [5.74, 6) is 2.12. The summed E-state index contributed by atoms with van der Waals surface area (Å²) in [6.45, 7) is 9.68. The lowest BCUT2D eigenvalue weighted by Gasteiger charge is -2.33. The molecule has 1 aromatic heterocycles. The third kappa shape index (κ3) is 7.23. The van der Waals surface area contributed by atoms with E-state index in [1.165, 1.54) is 12.1 Å². The molecule has 1 saturated heterocycles. The van der Waals surface area contributed by atoms with Crippen LogP contribution in [0, 0.1) is 5.82 Å². The van der Waals surface area contributed by atoms with Crippen molar-refractivity contribution in [3.63, 3.8) is 0 Å². The molecule has 2 N–H and O–H groups in total. The fourth-order valence-corrected chi connectivity index (χ4v) is 3.37. The van der Waals surface area contributed by atoms with Gasteiger partial charge < -0.3 is 15.1 Å². The molecule has 8 heteroatoms. The highest BCUT2D eigenvalue weighted by molar-refractivity contribution is 14.0. The van der Waals surface area contributed by atoms with E-state index in [0.717, 1.165) is 49.8 Å². The third-order valence-electron chi connectivity index (χ3n) is 5.17. The first kappa shape index (κ1) is 24.6. The van der Waals surface area contributed by atoms with E-state index in [1.807, 2.05) is 12.1 Å². The minimum atomic E-state index is -0.185. The number of halogens is 2. The highest BCUT2D eigenvalue weighted by atomic mass is 127. The molecule has 6 nitrogen and oxygen atoms in total. The molecule has 166 valence electrons. The number of benzene rings is 1. The topological polar surface area (TPSA) is 65.7 Å². The lowest BCUT2D eigenvalue weighted by Crippen LogP contribution is -2.48. The van der Waals surface area contributed by atoms with Gasteiger partial charge in [0.2, 0.25) is 5.89 Å². The van der Waals surface area contributed by atoms with Gasteiger partial charge in [0.25, 0.3) is 0 Å². The van der Waals surface area contributed by atoms with E-state index in [1.54, 1.807) is 13.2 Å². The largest absolute Gasteiger partial charge is 0.443 e. The number of oxazole rings is 1. The second-order valence-electron chi connectivity index (χ2n) is 8.62. The lowest BCUT2D eigenvalue weighted by molar-refractivity contribution is 0.198. The number of likely N-dealkylation sites (tertiary alicyclic amines) is 1. The number of nitrogens with one attached hydrogen (secondary N) is 2. The van der Waals surface area contributed by atoms with Crippen LogP contribution in [0.25, 0.3) is 0 Å². The summed E-state index contributed by atoms with van der Waals surface area (Å²) in [6.07, 6.45) is 3.87. The zero-order valence-corrected chi connectivity index (χ0v) is 20.6. The van der Waals surface area contributed by atoms with Crippen LogP contribution in [-0.2, 0) is 18.5 Å². The highest BCUT2D eigenvalue weighted by Gasteiger charge is 2.21. The molecule has 30 heavy (non-hydrogen) atoms. The van der Waals surface area contributed by atoms with Crippen LogP contribution in [-0.4, -0.2) is 42.0 Å². The van der Waals surface area contributed by atoms with Crippen molar-refractivity contribution in [3.8, 4) is 0 Å². The van der Waals surface area contributed by atoms with Crippen LogP contribution >= 0.6 is 24.0 Å². The molecule has 3 rings (SSSR count). The molecular weight excluding hydrogens is 496 g/mol. The van der Waals surface area contributed by atoms with Crippen molar-refractivity contribution in [1.29, 1.82) is 0 Å². The SMILES string of the molecule is CN=C(NCc1ncc(C(C)(C)C)o1)NC1CCN(Cc2ccc(F)cc2)CC1.I. The second-order valence-corrected chi connectivity index (χ2v) is 8.62. The van der Waals surface area contributed by atoms with Gasteiger partial charge in [-0.1, -0.05) is 32.9 Å². The second kappa shape index (κ2) is 11.1. The van der Waals surface area contributed by atoms with E-state index in [9.17, 15) is 4.39 Å². The number of aliphatic imine (C=N–C) groups is 1. The Hall–Kier alpha value is -1.68. The van der Waals surface area contributed by atoms with Crippen molar-refractivity contribution in [2.75, 3.05) is 20.1 Å². The van der Waals surface area contributed by atoms with E-state index in [-0.39, 0.29) is 35.2 Å². The Morgan fingerprint density at radius 3 is 2.47 bits per heavy atom. The van der Waals surface area contributed by atoms with Gasteiger partial charge in [0.15, 0.2) is 5.96 Å². The summed E-state index contributed by atoms with van der Waals surface area (Å²) >= 11 is 0. The number of nitrogens with zero attached hydrogens (tertiary/aromatic N) is 3. The first-order chi connectivity index (χ1) is 13.8. The molecule has 0 unspecified atom stereocenters. The summed E-state index contributed by atoms with van der Waals surface area (Å²) in [5.41, 5.74) is 1.10.